The van der Waals surface area contributed by atoms with E-state index in [-0.39, 0.29) is 17.2 Å². The number of carbonyl (C=O) groups excluding carboxylic acids is 1. The Balaban J connectivity index is 1.84. The van der Waals surface area contributed by atoms with Crippen molar-refractivity contribution in [2.75, 3.05) is 5.75 Å². The summed E-state index contributed by atoms with van der Waals surface area (Å²) in [6.45, 7) is 4.00. The molecule has 0 atom stereocenters. The average molecular weight is 378 g/mol. The molecule has 0 aliphatic heterocycles. The summed E-state index contributed by atoms with van der Waals surface area (Å²) in [5.41, 5.74) is 2.82. The van der Waals surface area contributed by atoms with Crippen LogP contribution in [0.5, 0.6) is 0 Å². The van der Waals surface area contributed by atoms with Crippen molar-refractivity contribution in [1.82, 2.24) is 4.98 Å². The summed E-state index contributed by atoms with van der Waals surface area (Å²) >= 11 is 1.24. The quantitative estimate of drug-likeness (QED) is 0.401. The molecule has 27 heavy (non-hydrogen) atoms. The number of nitrogens with zero attached hydrogens (tertiary/aromatic N) is 1. The molecule has 138 valence electrons. The number of carbonyl (C=O) groups is 1. The van der Waals surface area contributed by atoms with Gasteiger partial charge in [-0.05, 0) is 12.3 Å². The zero-order chi connectivity index (χ0) is 19.2. The summed E-state index contributed by atoms with van der Waals surface area (Å²) in [5, 5.41) is 8.34. The summed E-state index contributed by atoms with van der Waals surface area (Å²) in [6, 6.07) is 19.7. The van der Waals surface area contributed by atoms with Crippen molar-refractivity contribution < 1.29 is 9.21 Å². The van der Waals surface area contributed by atoms with Crippen LogP contribution in [0.15, 0.2) is 70.3 Å². The van der Waals surface area contributed by atoms with E-state index in [4.69, 9.17) is 9.83 Å². The summed E-state index contributed by atoms with van der Waals surface area (Å²) < 4.78 is 6.00. The summed E-state index contributed by atoms with van der Waals surface area (Å²) in [4.78, 5) is 16.8. The lowest BCUT2D eigenvalue weighted by molar-refractivity contribution is -0.110. The number of oxazole rings is 1. The van der Waals surface area contributed by atoms with Gasteiger partial charge in [0.1, 0.15) is 5.69 Å². The molecule has 1 aromatic heterocycles. The minimum absolute atomic E-state index is 0.161. The summed E-state index contributed by atoms with van der Waals surface area (Å²) in [6.07, 6.45) is 0.496. The predicted molar refractivity (Wildman–Crippen MR) is 110 cm³/mol. The van der Waals surface area contributed by atoms with Crippen LogP contribution in [-0.2, 0) is 4.79 Å². The lowest BCUT2D eigenvalue weighted by atomic mass is 10.0. The second kappa shape index (κ2) is 8.82. The third-order valence-electron chi connectivity index (χ3n) is 3.97. The Morgan fingerprint density at radius 3 is 2.22 bits per heavy atom. The van der Waals surface area contributed by atoms with Crippen molar-refractivity contribution in [1.29, 1.82) is 5.41 Å². The van der Waals surface area contributed by atoms with E-state index in [2.05, 4.69) is 4.98 Å². The molecule has 0 fully saturated rings. The number of aromatic nitrogens is 1. The minimum Gasteiger partial charge on any atom is -0.431 e. The number of nitrogens with one attached hydrogen (secondary N) is 1. The second-order valence-electron chi connectivity index (χ2n) is 6.68. The molecule has 0 bridgehead atoms. The molecule has 3 rings (SSSR count). The first-order valence-corrected chi connectivity index (χ1v) is 9.88. The van der Waals surface area contributed by atoms with E-state index in [1.54, 1.807) is 0 Å². The van der Waals surface area contributed by atoms with Gasteiger partial charge in [-0.15, -0.1) is 0 Å². The molecule has 4 nitrogen and oxygen atoms in total. The van der Waals surface area contributed by atoms with Crippen molar-refractivity contribution in [3.8, 4) is 22.6 Å². The van der Waals surface area contributed by atoms with Gasteiger partial charge in [-0.25, -0.2) is 4.98 Å². The molecule has 0 spiro atoms. The molecule has 0 amide bonds. The third kappa shape index (κ3) is 4.95. The highest BCUT2D eigenvalue weighted by Crippen LogP contribution is 2.35. The van der Waals surface area contributed by atoms with Gasteiger partial charge in [0.05, 0.1) is 11.5 Å². The lowest BCUT2D eigenvalue weighted by Crippen LogP contribution is -2.17. The van der Waals surface area contributed by atoms with Crippen LogP contribution in [0.1, 0.15) is 20.3 Å². The Morgan fingerprint density at radius 2 is 1.63 bits per heavy atom. The van der Waals surface area contributed by atoms with Crippen LogP contribution < -0.4 is 0 Å². The Hall–Kier alpha value is -2.66. The van der Waals surface area contributed by atoms with Gasteiger partial charge in [0, 0.05) is 11.1 Å². The van der Waals surface area contributed by atoms with Gasteiger partial charge in [-0.1, -0.05) is 86.3 Å². The number of ketones is 1. The maximum absolute atomic E-state index is 12.2. The van der Waals surface area contributed by atoms with Crippen LogP contribution in [0.3, 0.4) is 0 Å². The van der Waals surface area contributed by atoms with Gasteiger partial charge in [0.2, 0.25) is 0 Å². The lowest BCUT2D eigenvalue weighted by Gasteiger charge is -2.04. The van der Waals surface area contributed by atoms with E-state index in [0.717, 1.165) is 16.8 Å². The van der Waals surface area contributed by atoms with Gasteiger partial charge < -0.3 is 9.83 Å². The first-order valence-electron chi connectivity index (χ1n) is 8.89. The highest BCUT2D eigenvalue weighted by atomic mass is 32.2. The van der Waals surface area contributed by atoms with Crippen LogP contribution in [-0.4, -0.2) is 22.2 Å². The Morgan fingerprint density at radius 1 is 1.04 bits per heavy atom. The van der Waals surface area contributed by atoms with Crippen molar-refractivity contribution in [2.45, 2.75) is 25.5 Å². The zero-order valence-electron chi connectivity index (χ0n) is 15.4. The number of hydrogen-bond donors (Lipinski definition) is 1. The first kappa shape index (κ1) is 19.1. The molecule has 0 aliphatic rings. The molecule has 0 unspecified atom stereocenters. The van der Waals surface area contributed by atoms with Gasteiger partial charge in [0.25, 0.3) is 5.22 Å². The van der Waals surface area contributed by atoms with Crippen LogP contribution in [0.4, 0.5) is 0 Å². The molecule has 3 aromatic rings. The fourth-order valence-corrected chi connectivity index (χ4v) is 3.40. The molecule has 0 saturated heterocycles. The number of thioether (sulfide) groups is 1. The molecule has 0 aliphatic carbocycles. The van der Waals surface area contributed by atoms with Crippen LogP contribution in [0.2, 0.25) is 0 Å². The molecule has 5 heteroatoms. The fraction of sp³-hybridized carbons (Fsp3) is 0.227. The molecular formula is C22H22N2O2S. The Kier molecular flexibility index (Phi) is 6.24. The summed E-state index contributed by atoms with van der Waals surface area (Å²) in [7, 11) is 0. The number of Topliss-reactive ketones (excluding diaryl/α,β-unsaturated/α-hetero) is 1. The van der Waals surface area contributed by atoms with Crippen molar-refractivity contribution >= 4 is 23.3 Å². The predicted octanol–water partition coefficient (Wildman–Crippen LogP) is 5.74. The zero-order valence-corrected chi connectivity index (χ0v) is 16.3. The molecule has 1 heterocycles. The van der Waals surface area contributed by atoms with Crippen molar-refractivity contribution in [2.24, 2.45) is 5.92 Å². The highest BCUT2D eigenvalue weighted by molar-refractivity contribution is 7.99. The number of benzene rings is 2. The Labute approximate surface area is 163 Å². The second-order valence-corrected chi connectivity index (χ2v) is 7.60. The van der Waals surface area contributed by atoms with Gasteiger partial charge >= 0.3 is 0 Å². The maximum Gasteiger partial charge on any atom is 0.257 e. The van der Waals surface area contributed by atoms with E-state index in [0.29, 0.717) is 23.3 Å². The van der Waals surface area contributed by atoms with E-state index in [1.165, 1.54) is 11.8 Å². The van der Waals surface area contributed by atoms with Crippen LogP contribution >= 0.6 is 11.8 Å². The van der Waals surface area contributed by atoms with Gasteiger partial charge in [-0.2, -0.15) is 0 Å². The van der Waals surface area contributed by atoms with Gasteiger partial charge in [0.15, 0.2) is 11.5 Å². The number of rotatable bonds is 8. The molecule has 2 aromatic carbocycles. The van der Waals surface area contributed by atoms with Crippen LogP contribution in [0.25, 0.3) is 22.6 Å². The molecular weight excluding hydrogens is 356 g/mol. The fourth-order valence-electron chi connectivity index (χ4n) is 2.68. The minimum atomic E-state index is -0.172. The largest absolute Gasteiger partial charge is 0.431 e. The molecule has 0 saturated carbocycles. The highest BCUT2D eigenvalue weighted by Gasteiger charge is 2.19. The topological polar surface area (TPSA) is 67.0 Å². The standard InChI is InChI=1S/C22H22N2O2S/c1-15(2)13-18(23)19(25)14-27-22-24-20(16-9-5-3-6-10-16)21(26-22)17-11-7-4-8-12-17/h3-12,15,23H,13-14H2,1-2H3. The van der Waals surface area contributed by atoms with E-state index in [9.17, 15) is 4.79 Å². The third-order valence-corrected chi connectivity index (χ3v) is 4.79. The molecule has 0 radical (unpaired) electrons. The van der Waals surface area contributed by atoms with Crippen molar-refractivity contribution in [3.05, 3.63) is 60.7 Å². The van der Waals surface area contributed by atoms with E-state index in [1.807, 2.05) is 74.5 Å². The van der Waals surface area contributed by atoms with Crippen molar-refractivity contribution in [3.63, 3.8) is 0 Å². The molecule has 1 N–H and O–H groups in total. The average Bonchev–Trinajstić information content (AvgIpc) is 3.11. The van der Waals surface area contributed by atoms with Gasteiger partial charge in [-0.3, -0.25) is 4.79 Å². The number of hydrogen-bond acceptors (Lipinski definition) is 5. The first-order chi connectivity index (χ1) is 13.0. The van der Waals surface area contributed by atoms with Crippen LogP contribution in [0, 0.1) is 11.3 Å². The van der Waals surface area contributed by atoms with E-state index < -0.39 is 0 Å². The maximum atomic E-state index is 12.2. The SMILES string of the molecule is CC(C)CC(=N)C(=O)CSc1nc(-c2ccccc2)c(-c2ccccc2)o1. The monoisotopic (exact) mass is 378 g/mol. The normalized spacial score (nSPS) is 10.9. The Bertz CT molecular complexity index is 861. The summed E-state index contributed by atoms with van der Waals surface area (Å²) in [5.74, 6) is 0.972. The smallest absolute Gasteiger partial charge is 0.257 e. The van der Waals surface area contributed by atoms with E-state index >= 15 is 0 Å².